The van der Waals surface area contributed by atoms with Crippen molar-refractivity contribution < 1.29 is 4.79 Å². The van der Waals surface area contributed by atoms with E-state index in [-0.39, 0.29) is 5.92 Å². The van der Waals surface area contributed by atoms with Gasteiger partial charge in [-0.25, -0.2) is 0 Å². The fraction of sp³-hybridized carbons (Fsp3) is 0.667. The van der Waals surface area contributed by atoms with Crippen molar-refractivity contribution in [2.75, 3.05) is 19.6 Å². The first-order valence-corrected chi connectivity index (χ1v) is 8.26. The number of hydrogen-bond donors (Lipinski definition) is 1. The molecule has 4 heteroatoms. The van der Waals surface area contributed by atoms with Gasteiger partial charge in [0.25, 0.3) is 0 Å². The van der Waals surface area contributed by atoms with Crippen molar-refractivity contribution >= 4 is 17.2 Å². The van der Waals surface area contributed by atoms with E-state index in [1.165, 1.54) is 10.4 Å². The van der Waals surface area contributed by atoms with Crippen molar-refractivity contribution in [1.82, 2.24) is 10.2 Å². The van der Waals surface area contributed by atoms with E-state index < -0.39 is 0 Å². The molecule has 3 rings (SSSR count). The van der Waals surface area contributed by atoms with E-state index in [2.05, 4.69) is 28.6 Å². The topological polar surface area (TPSA) is 32.3 Å². The van der Waals surface area contributed by atoms with E-state index in [1.807, 2.05) is 11.3 Å². The van der Waals surface area contributed by atoms with Crippen molar-refractivity contribution in [1.29, 1.82) is 0 Å². The Balaban J connectivity index is 1.80. The first-order valence-electron chi connectivity index (χ1n) is 7.38. The second-order valence-corrected chi connectivity index (χ2v) is 6.52. The monoisotopic (exact) mass is 278 g/mol. The Labute approximate surface area is 119 Å². The Morgan fingerprint density at radius 3 is 3.16 bits per heavy atom. The molecule has 1 amide bonds. The van der Waals surface area contributed by atoms with Crippen LogP contribution in [0.5, 0.6) is 0 Å². The number of nitrogens with zero attached hydrogens (tertiary/aromatic N) is 1. The third-order valence-corrected chi connectivity index (χ3v) is 5.45. The average molecular weight is 278 g/mol. The molecule has 19 heavy (non-hydrogen) atoms. The van der Waals surface area contributed by atoms with Gasteiger partial charge in [0, 0.05) is 24.0 Å². The molecule has 0 spiro atoms. The molecule has 2 unspecified atom stereocenters. The van der Waals surface area contributed by atoms with Crippen LogP contribution in [0.3, 0.4) is 0 Å². The number of likely N-dealkylation sites (N-methyl/N-ethyl adjacent to an activating group) is 1. The highest BCUT2D eigenvalue weighted by Crippen LogP contribution is 2.36. The third-order valence-electron chi connectivity index (χ3n) is 4.45. The van der Waals surface area contributed by atoms with Gasteiger partial charge < -0.3 is 10.2 Å². The SMILES string of the molecule is CCN(C(=O)C1CCCc2sccc21)C1CCNC1. The Bertz CT molecular complexity index is 451. The van der Waals surface area contributed by atoms with Crippen molar-refractivity contribution in [3.63, 3.8) is 0 Å². The molecule has 0 aromatic carbocycles. The van der Waals surface area contributed by atoms with E-state index >= 15 is 0 Å². The number of nitrogens with one attached hydrogen (secondary N) is 1. The molecule has 1 aromatic rings. The quantitative estimate of drug-likeness (QED) is 0.920. The van der Waals surface area contributed by atoms with Gasteiger partial charge in [-0.2, -0.15) is 0 Å². The normalized spacial score (nSPS) is 26.2. The van der Waals surface area contributed by atoms with Crippen LogP contribution in [0.1, 0.15) is 42.5 Å². The summed E-state index contributed by atoms with van der Waals surface area (Å²) in [5, 5.41) is 5.51. The predicted molar refractivity (Wildman–Crippen MR) is 78.7 cm³/mol. The maximum absolute atomic E-state index is 12.9. The number of thiophene rings is 1. The highest BCUT2D eigenvalue weighted by atomic mass is 32.1. The molecule has 2 aliphatic rings. The fourth-order valence-corrected chi connectivity index (χ4v) is 4.43. The summed E-state index contributed by atoms with van der Waals surface area (Å²) >= 11 is 1.82. The van der Waals surface area contributed by atoms with E-state index in [4.69, 9.17) is 0 Å². The van der Waals surface area contributed by atoms with Gasteiger partial charge in [-0.15, -0.1) is 11.3 Å². The number of rotatable bonds is 3. The van der Waals surface area contributed by atoms with Gasteiger partial charge in [-0.3, -0.25) is 4.79 Å². The minimum atomic E-state index is 0.121. The zero-order chi connectivity index (χ0) is 13.2. The summed E-state index contributed by atoms with van der Waals surface area (Å²) in [6.45, 7) is 4.94. The molecule has 0 saturated carbocycles. The lowest BCUT2D eigenvalue weighted by Crippen LogP contribution is -2.44. The minimum absolute atomic E-state index is 0.121. The Hall–Kier alpha value is -0.870. The van der Waals surface area contributed by atoms with E-state index in [0.717, 1.165) is 45.3 Å². The molecular formula is C15H22N2OS. The van der Waals surface area contributed by atoms with Gasteiger partial charge in [0.15, 0.2) is 0 Å². The molecule has 1 N–H and O–H groups in total. The molecular weight excluding hydrogens is 256 g/mol. The zero-order valence-electron chi connectivity index (χ0n) is 11.5. The zero-order valence-corrected chi connectivity index (χ0v) is 12.3. The highest BCUT2D eigenvalue weighted by Gasteiger charge is 2.33. The molecule has 2 atom stereocenters. The summed E-state index contributed by atoms with van der Waals surface area (Å²) < 4.78 is 0. The molecule has 1 fully saturated rings. The summed E-state index contributed by atoms with van der Waals surface area (Å²) in [5.74, 6) is 0.478. The van der Waals surface area contributed by atoms with Gasteiger partial charge in [0.2, 0.25) is 5.91 Å². The number of aryl methyl sites for hydroxylation is 1. The van der Waals surface area contributed by atoms with Gasteiger partial charge in [-0.1, -0.05) is 0 Å². The van der Waals surface area contributed by atoms with Crippen molar-refractivity contribution in [2.45, 2.75) is 44.6 Å². The lowest BCUT2D eigenvalue weighted by atomic mass is 9.86. The first kappa shape index (κ1) is 13.1. The van der Waals surface area contributed by atoms with Crippen LogP contribution in [0.2, 0.25) is 0 Å². The molecule has 0 bridgehead atoms. The Morgan fingerprint density at radius 2 is 2.42 bits per heavy atom. The van der Waals surface area contributed by atoms with Gasteiger partial charge in [0.1, 0.15) is 0 Å². The molecule has 1 aliphatic heterocycles. The van der Waals surface area contributed by atoms with E-state index in [1.54, 1.807) is 0 Å². The number of hydrogen-bond acceptors (Lipinski definition) is 3. The van der Waals surface area contributed by atoms with Crippen molar-refractivity contribution in [3.05, 3.63) is 21.9 Å². The molecule has 1 saturated heterocycles. The number of carbonyl (C=O) groups is 1. The Morgan fingerprint density at radius 1 is 1.53 bits per heavy atom. The van der Waals surface area contributed by atoms with E-state index in [0.29, 0.717) is 11.9 Å². The van der Waals surface area contributed by atoms with Crippen LogP contribution in [-0.4, -0.2) is 36.5 Å². The maximum Gasteiger partial charge on any atom is 0.230 e. The second kappa shape index (κ2) is 5.63. The van der Waals surface area contributed by atoms with Gasteiger partial charge in [-0.05, 0) is 56.2 Å². The van der Waals surface area contributed by atoms with Crippen LogP contribution in [0.15, 0.2) is 11.4 Å². The predicted octanol–water partition coefficient (Wildman–Crippen LogP) is 2.38. The Kier molecular flexibility index (Phi) is 3.89. The van der Waals surface area contributed by atoms with Crippen LogP contribution >= 0.6 is 11.3 Å². The molecule has 0 radical (unpaired) electrons. The smallest absolute Gasteiger partial charge is 0.230 e. The average Bonchev–Trinajstić information content (AvgIpc) is 3.09. The van der Waals surface area contributed by atoms with Crippen molar-refractivity contribution in [3.8, 4) is 0 Å². The van der Waals surface area contributed by atoms with Crippen LogP contribution < -0.4 is 5.32 Å². The van der Waals surface area contributed by atoms with Crippen LogP contribution in [0.25, 0.3) is 0 Å². The third kappa shape index (κ3) is 2.43. The van der Waals surface area contributed by atoms with Crippen LogP contribution in [0.4, 0.5) is 0 Å². The second-order valence-electron chi connectivity index (χ2n) is 5.51. The highest BCUT2D eigenvalue weighted by molar-refractivity contribution is 7.10. The van der Waals surface area contributed by atoms with E-state index in [9.17, 15) is 4.79 Å². The summed E-state index contributed by atoms with van der Waals surface area (Å²) in [6.07, 6.45) is 4.44. The number of amides is 1. The largest absolute Gasteiger partial charge is 0.338 e. The maximum atomic E-state index is 12.9. The standard InChI is InChI=1S/C15H22N2OS/c1-2-17(11-6-8-16-10-11)15(18)13-4-3-5-14-12(13)7-9-19-14/h7,9,11,13,16H,2-6,8,10H2,1H3. The summed E-state index contributed by atoms with van der Waals surface area (Å²) in [6, 6.07) is 2.57. The lowest BCUT2D eigenvalue weighted by molar-refractivity contribution is -0.135. The number of fused-ring (bicyclic) bond motifs is 1. The molecule has 1 aliphatic carbocycles. The van der Waals surface area contributed by atoms with Crippen molar-refractivity contribution in [2.24, 2.45) is 0 Å². The molecule has 1 aromatic heterocycles. The lowest BCUT2D eigenvalue weighted by Gasteiger charge is -2.32. The molecule has 3 nitrogen and oxygen atoms in total. The summed E-state index contributed by atoms with van der Waals surface area (Å²) in [5.41, 5.74) is 1.31. The number of carbonyl (C=O) groups excluding carboxylic acids is 1. The van der Waals surface area contributed by atoms with Crippen LogP contribution in [-0.2, 0) is 11.2 Å². The minimum Gasteiger partial charge on any atom is -0.338 e. The first-order chi connectivity index (χ1) is 9.31. The van der Waals surface area contributed by atoms with Crippen LogP contribution in [0, 0.1) is 0 Å². The summed E-state index contributed by atoms with van der Waals surface area (Å²) in [4.78, 5) is 16.4. The fourth-order valence-electron chi connectivity index (χ4n) is 3.44. The van der Waals surface area contributed by atoms with Gasteiger partial charge >= 0.3 is 0 Å². The molecule has 104 valence electrons. The molecule has 2 heterocycles. The summed E-state index contributed by atoms with van der Waals surface area (Å²) in [7, 11) is 0. The van der Waals surface area contributed by atoms with Gasteiger partial charge in [0.05, 0.1) is 5.92 Å².